The second-order valence-corrected chi connectivity index (χ2v) is 4.35. The summed E-state index contributed by atoms with van der Waals surface area (Å²) in [6, 6.07) is 4.23. The molecular weight excluding hydrogens is 226 g/mol. The summed E-state index contributed by atoms with van der Waals surface area (Å²) >= 11 is 0. The number of benzene rings is 1. The molecule has 2 N–H and O–H groups in total. The minimum absolute atomic E-state index is 0.683. The SMILES string of the molecule is CCCc1cc(CCCN)c(OC)cc1OCC. The predicted molar refractivity (Wildman–Crippen MR) is 75.5 cm³/mol. The van der Waals surface area contributed by atoms with Gasteiger partial charge in [0.2, 0.25) is 0 Å². The molecule has 0 amide bonds. The largest absolute Gasteiger partial charge is 0.496 e. The standard InChI is InChI=1S/C15H25NO2/c1-4-7-12-10-13(8-6-9-16)14(17-3)11-15(12)18-5-2/h10-11H,4-9,16H2,1-3H3. The van der Waals surface area contributed by atoms with Crippen molar-refractivity contribution in [2.24, 2.45) is 5.73 Å². The van der Waals surface area contributed by atoms with Crippen molar-refractivity contribution >= 4 is 0 Å². The van der Waals surface area contributed by atoms with E-state index in [1.165, 1.54) is 11.1 Å². The van der Waals surface area contributed by atoms with Gasteiger partial charge in [0.1, 0.15) is 11.5 Å². The molecule has 0 spiro atoms. The van der Waals surface area contributed by atoms with E-state index in [1.54, 1.807) is 7.11 Å². The van der Waals surface area contributed by atoms with Gasteiger partial charge in [0.05, 0.1) is 13.7 Å². The number of rotatable bonds is 8. The number of hydrogen-bond donors (Lipinski definition) is 1. The van der Waals surface area contributed by atoms with Gasteiger partial charge in [0.15, 0.2) is 0 Å². The molecule has 1 aromatic rings. The summed E-state index contributed by atoms with van der Waals surface area (Å²) in [7, 11) is 1.70. The lowest BCUT2D eigenvalue weighted by Gasteiger charge is -2.15. The highest BCUT2D eigenvalue weighted by Crippen LogP contribution is 2.31. The number of ether oxygens (including phenoxy) is 2. The Balaban J connectivity index is 3.05. The topological polar surface area (TPSA) is 44.5 Å². The molecule has 0 aliphatic carbocycles. The van der Waals surface area contributed by atoms with E-state index in [0.717, 1.165) is 37.2 Å². The Morgan fingerprint density at radius 1 is 1.06 bits per heavy atom. The zero-order chi connectivity index (χ0) is 13.4. The maximum Gasteiger partial charge on any atom is 0.126 e. The van der Waals surface area contributed by atoms with Crippen LogP contribution in [-0.4, -0.2) is 20.3 Å². The van der Waals surface area contributed by atoms with E-state index in [9.17, 15) is 0 Å². The molecule has 0 aromatic heterocycles. The second-order valence-electron chi connectivity index (χ2n) is 4.35. The van der Waals surface area contributed by atoms with Crippen LogP contribution in [0.25, 0.3) is 0 Å². The Morgan fingerprint density at radius 3 is 2.33 bits per heavy atom. The molecular formula is C15H25NO2. The zero-order valence-corrected chi connectivity index (χ0v) is 11.8. The van der Waals surface area contributed by atoms with E-state index in [-0.39, 0.29) is 0 Å². The second kappa shape index (κ2) is 7.98. The van der Waals surface area contributed by atoms with Gasteiger partial charge in [0.25, 0.3) is 0 Å². The van der Waals surface area contributed by atoms with Crippen LogP contribution in [-0.2, 0) is 12.8 Å². The fourth-order valence-electron chi connectivity index (χ4n) is 2.09. The Kier molecular flexibility index (Phi) is 6.58. The number of hydrogen-bond acceptors (Lipinski definition) is 3. The Morgan fingerprint density at radius 2 is 1.78 bits per heavy atom. The summed E-state index contributed by atoms with van der Waals surface area (Å²) in [5.41, 5.74) is 8.08. The van der Waals surface area contributed by atoms with Crippen LogP contribution in [0.5, 0.6) is 11.5 Å². The molecule has 0 atom stereocenters. The third-order valence-electron chi connectivity index (χ3n) is 2.93. The first-order chi connectivity index (χ1) is 8.76. The molecule has 102 valence electrons. The average Bonchev–Trinajstić information content (AvgIpc) is 2.39. The van der Waals surface area contributed by atoms with E-state index in [1.807, 2.05) is 13.0 Å². The molecule has 0 bridgehead atoms. The van der Waals surface area contributed by atoms with Gasteiger partial charge < -0.3 is 15.2 Å². The number of nitrogens with two attached hydrogens (primary N) is 1. The molecule has 0 heterocycles. The van der Waals surface area contributed by atoms with Crippen LogP contribution in [0.3, 0.4) is 0 Å². The first-order valence-electron chi connectivity index (χ1n) is 6.79. The molecule has 1 aromatic carbocycles. The fraction of sp³-hybridized carbons (Fsp3) is 0.600. The first-order valence-corrected chi connectivity index (χ1v) is 6.79. The van der Waals surface area contributed by atoms with Crippen LogP contribution in [0, 0.1) is 0 Å². The normalized spacial score (nSPS) is 10.4. The van der Waals surface area contributed by atoms with E-state index in [4.69, 9.17) is 15.2 Å². The van der Waals surface area contributed by atoms with Crippen molar-refractivity contribution in [2.45, 2.75) is 39.5 Å². The summed E-state index contributed by atoms with van der Waals surface area (Å²) in [5, 5.41) is 0. The summed E-state index contributed by atoms with van der Waals surface area (Å²) in [6.45, 7) is 5.57. The fourth-order valence-corrected chi connectivity index (χ4v) is 2.09. The van der Waals surface area contributed by atoms with Crippen molar-refractivity contribution in [1.82, 2.24) is 0 Å². The lowest BCUT2D eigenvalue weighted by atomic mass is 10.0. The van der Waals surface area contributed by atoms with E-state index < -0.39 is 0 Å². The first kappa shape index (κ1) is 14.8. The highest BCUT2D eigenvalue weighted by Gasteiger charge is 2.10. The summed E-state index contributed by atoms with van der Waals surface area (Å²) in [6.07, 6.45) is 4.09. The lowest BCUT2D eigenvalue weighted by Crippen LogP contribution is -2.04. The van der Waals surface area contributed by atoms with Crippen molar-refractivity contribution < 1.29 is 9.47 Å². The van der Waals surface area contributed by atoms with Crippen LogP contribution in [0.2, 0.25) is 0 Å². The third kappa shape index (κ3) is 3.91. The smallest absolute Gasteiger partial charge is 0.126 e. The molecule has 3 heteroatoms. The average molecular weight is 251 g/mol. The van der Waals surface area contributed by atoms with Gasteiger partial charge in [-0.3, -0.25) is 0 Å². The van der Waals surface area contributed by atoms with Crippen molar-refractivity contribution in [3.05, 3.63) is 23.3 Å². The minimum atomic E-state index is 0.683. The number of methoxy groups -OCH3 is 1. The molecule has 0 aliphatic heterocycles. The molecule has 18 heavy (non-hydrogen) atoms. The number of aryl methyl sites for hydroxylation is 2. The van der Waals surface area contributed by atoms with Gasteiger partial charge >= 0.3 is 0 Å². The molecule has 0 saturated heterocycles. The molecule has 3 nitrogen and oxygen atoms in total. The van der Waals surface area contributed by atoms with Crippen molar-refractivity contribution in [1.29, 1.82) is 0 Å². The molecule has 0 fully saturated rings. The van der Waals surface area contributed by atoms with Crippen LogP contribution < -0.4 is 15.2 Å². The van der Waals surface area contributed by atoms with Gasteiger partial charge in [0, 0.05) is 6.07 Å². The molecule has 0 aliphatic rings. The molecule has 0 radical (unpaired) electrons. The zero-order valence-electron chi connectivity index (χ0n) is 11.8. The highest BCUT2D eigenvalue weighted by atomic mass is 16.5. The van der Waals surface area contributed by atoms with Gasteiger partial charge in [-0.1, -0.05) is 13.3 Å². The summed E-state index contributed by atoms with van der Waals surface area (Å²) < 4.78 is 11.1. The van der Waals surface area contributed by atoms with E-state index >= 15 is 0 Å². The Labute approximate surface area is 110 Å². The van der Waals surface area contributed by atoms with Crippen LogP contribution >= 0.6 is 0 Å². The van der Waals surface area contributed by atoms with Crippen molar-refractivity contribution in [3.63, 3.8) is 0 Å². The third-order valence-corrected chi connectivity index (χ3v) is 2.93. The maximum absolute atomic E-state index is 5.69. The Hall–Kier alpha value is -1.22. The van der Waals surface area contributed by atoms with Crippen molar-refractivity contribution in [3.8, 4) is 11.5 Å². The summed E-state index contributed by atoms with van der Waals surface area (Å²) in [5.74, 6) is 1.86. The quantitative estimate of drug-likeness (QED) is 0.772. The van der Waals surface area contributed by atoms with Gasteiger partial charge in [-0.05, 0) is 49.9 Å². The van der Waals surface area contributed by atoms with Gasteiger partial charge in [-0.2, -0.15) is 0 Å². The predicted octanol–water partition coefficient (Wildman–Crippen LogP) is 2.94. The molecule has 0 saturated carbocycles. The van der Waals surface area contributed by atoms with E-state index in [0.29, 0.717) is 13.2 Å². The minimum Gasteiger partial charge on any atom is -0.496 e. The summed E-state index contributed by atoms with van der Waals surface area (Å²) in [4.78, 5) is 0. The van der Waals surface area contributed by atoms with Crippen LogP contribution in [0.4, 0.5) is 0 Å². The van der Waals surface area contributed by atoms with E-state index in [2.05, 4.69) is 13.0 Å². The molecule has 0 unspecified atom stereocenters. The highest BCUT2D eigenvalue weighted by molar-refractivity contribution is 5.47. The lowest BCUT2D eigenvalue weighted by molar-refractivity contribution is 0.331. The molecule has 1 rings (SSSR count). The van der Waals surface area contributed by atoms with Crippen LogP contribution in [0.1, 0.15) is 37.8 Å². The Bertz CT molecular complexity index is 364. The monoisotopic (exact) mass is 251 g/mol. The van der Waals surface area contributed by atoms with Gasteiger partial charge in [-0.15, -0.1) is 0 Å². The maximum atomic E-state index is 5.69. The van der Waals surface area contributed by atoms with Gasteiger partial charge in [-0.25, -0.2) is 0 Å². The van der Waals surface area contributed by atoms with Crippen LogP contribution in [0.15, 0.2) is 12.1 Å². The van der Waals surface area contributed by atoms with Crippen molar-refractivity contribution in [2.75, 3.05) is 20.3 Å².